The van der Waals surface area contributed by atoms with Crippen molar-refractivity contribution < 1.29 is 14.7 Å². The topological polar surface area (TPSA) is 109 Å². The summed E-state index contributed by atoms with van der Waals surface area (Å²) in [5.74, 6) is -0.598. The van der Waals surface area contributed by atoms with E-state index in [1.807, 2.05) is 0 Å². The maximum absolute atomic E-state index is 11.0. The van der Waals surface area contributed by atoms with Gasteiger partial charge in [0.2, 0.25) is 0 Å². The van der Waals surface area contributed by atoms with Crippen molar-refractivity contribution in [3.05, 3.63) is 11.1 Å². The van der Waals surface area contributed by atoms with Crippen LogP contribution in [-0.4, -0.2) is 52.0 Å². The molecule has 3 rings (SSSR count). The number of rotatable bonds is 8. The van der Waals surface area contributed by atoms with Crippen LogP contribution < -0.4 is 11.1 Å². The molecular formula is C14H20N4O3S. The van der Waals surface area contributed by atoms with Crippen LogP contribution in [-0.2, 0) is 4.79 Å². The maximum Gasteiger partial charge on any atom is 0.317 e. The number of amides is 1. The molecule has 1 aromatic rings. The molecule has 0 atom stereocenters. The van der Waals surface area contributed by atoms with Crippen LogP contribution in [0.5, 0.6) is 0 Å². The Morgan fingerprint density at radius 1 is 1.45 bits per heavy atom. The lowest BCUT2D eigenvalue weighted by atomic mass is 9.85. The molecule has 1 aromatic heterocycles. The van der Waals surface area contributed by atoms with Gasteiger partial charge in [0.15, 0.2) is 5.13 Å². The molecule has 1 heterocycles. The summed E-state index contributed by atoms with van der Waals surface area (Å²) in [4.78, 5) is 28.2. The number of hydrogen-bond acceptors (Lipinski definition) is 6. The number of anilines is 1. The Kier molecular flexibility index (Phi) is 4.30. The molecule has 1 amide bonds. The Morgan fingerprint density at radius 2 is 2.18 bits per heavy atom. The molecule has 2 saturated carbocycles. The van der Waals surface area contributed by atoms with Crippen LogP contribution in [0.3, 0.4) is 0 Å². The average molecular weight is 324 g/mol. The maximum atomic E-state index is 11.0. The molecule has 120 valence electrons. The highest BCUT2D eigenvalue weighted by Gasteiger charge is 2.37. The molecule has 8 heteroatoms. The predicted octanol–water partition coefficient (Wildman–Crippen LogP) is 0.981. The zero-order valence-electron chi connectivity index (χ0n) is 12.2. The van der Waals surface area contributed by atoms with E-state index in [9.17, 15) is 9.59 Å². The number of carbonyl (C=O) groups excluding carboxylic acids is 1. The second-order valence-corrected chi connectivity index (χ2v) is 6.99. The molecule has 0 bridgehead atoms. The molecule has 0 aromatic carbocycles. The number of thiazole rings is 1. The number of carbonyl (C=O) groups is 2. The highest BCUT2D eigenvalue weighted by atomic mass is 32.1. The van der Waals surface area contributed by atoms with Crippen LogP contribution in [0.1, 0.15) is 36.2 Å². The smallest absolute Gasteiger partial charge is 0.317 e. The van der Waals surface area contributed by atoms with Gasteiger partial charge in [-0.15, -0.1) is 11.3 Å². The van der Waals surface area contributed by atoms with Gasteiger partial charge >= 0.3 is 5.97 Å². The molecule has 22 heavy (non-hydrogen) atoms. The molecule has 7 nitrogen and oxygen atoms in total. The summed E-state index contributed by atoms with van der Waals surface area (Å²) in [5, 5.41) is 14.7. The van der Waals surface area contributed by atoms with Crippen molar-refractivity contribution in [2.24, 2.45) is 11.7 Å². The third-order valence-electron chi connectivity index (χ3n) is 4.24. The summed E-state index contributed by atoms with van der Waals surface area (Å²) in [6.07, 6.45) is 4.26. The molecule has 0 spiro atoms. The fourth-order valence-corrected chi connectivity index (χ4v) is 3.56. The van der Waals surface area contributed by atoms with E-state index in [2.05, 4.69) is 15.2 Å². The van der Waals surface area contributed by atoms with Gasteiger partial charge in [0.25, 0.3) is 5.91 Å². The van der Waals surface area contributed by atoms with Crippen molar-refractivity contribution in [1.82, 2.24) is 9.88 Å². The lowest BCUT2D eigenvalue weighted by Gasteiger charge is -2.42. The fourth-order valence-electron chi connectivity index (χ4n) is 2.78. The first-order valence-corrected chi connectivity index (χ1v) is 8.37. The minimum atomic E-state index is -0.761. The molecule has 4 N–H and O–H groups in total. The highest BCUT2D eigenvalue weighted by molar-refractivity contribution is 7.13. The zero-order chi connectivity index (χ0) is 15.7. The lowest BCUT2D eigenvalue weighted by molar-refractivity contribution is -0.139. The minimum Gasteiger partial charge on any atom is -0.480 e. The van der Waals surface area contributed by atoms with Crippen LogP contribution >= 0.6 is 11.3 Å². The van der Waals surface area contributed by atoms with Crippen molar-refractivity contribution in [3.8, 4) is 0 Å². The van der Waals surface area contributed by atoms with Gasteiger partial charge in [-0.05, 0) is 31.6 Å². The van der Waals surface area contributed by atoms with E-state index in [0.29, 0.717) is 17.1 Å². The van der Waals surface area contributed by atoms with E-state index in [4.69, 9.17) is 10.8 Å². The Morgan fingerprint density at radius 3 is 2.73 bits per heavy atom. The van der Waals surface area contributed by atoms with Crippen molar-refractivity contribution in [2.45, 2.75) is 37.8 Å². The van der Waals surface area contributed by atoms with E-state index in [1.165, 1.54) is 24.2 Å². The van der Waals surface area contributed by atoms with Crippen LogP contribution in [0.25, 0.3) is 0 Å². The van der Waals surface area contributed by atoms with E-state index < -0.39 is 11.9 Å². The van der Waals surface area contributed by atoms with Gasteiger partial charge in [-0.25, -0.2) is 4.98 Å². The summed E-state index contributed by atoms with van der Waals surface area (Å²) in [6, 6.07) is 0.608. The second-order valence-electron chi connectivity index (χ2n) is 6.14. The van der Waals surface area contributed by atoms with Crippen molar-refractivity contribution in [2.75, 3.05) is 18.4 Å². The Hall–Kier alpha value is -1.67. The quantitative estimate of drug-likeness (QED) is 0.658. The van der Waals surface area contributed by atoms with Crippen LogP contribution in [0.15, 0.2) is 5.38 Å². The first-order chi connectivity index (χ1) is 10.5. The summed E-state index contributed by atoms with van der Waals surface area (Å²) >= 11 is 1.37. The summed E-state index contributed by atoms with van der Waals surface area (Å²) in [7, 11) is 0. The van der Waals surface area contributed by atoms with Gasteiger partial charge < -0.3 is 16.2 Å². The fraction of sp³-hybridized carbons (Fsp3) is 0.643. The minimum absolute atomic E-state index is 0.122. The summed E-state index contributed by atoms with van der Waals surface area (Å²) in [5.41, 5.74) is 5.46. The van der Waals surface area contributed by atoms with Crippen LogP contribution in [0, 0.1) is 5.92 Å². The SMILES string of the molecule is NC(=O)c1csc(NC2CC(N(CC(=O)O)CC3CC3)C2)n1. The number of aliphatic carboxylic acids is 1. The van der Waals surface area contributed by atoms with Crippen molar-refractivity contribution >= 4 is 28.3 Å². The van der Waals surface area contributed by atoms with E-state index >= 15 is 0 Å². The van der Waals surface area contributed by atoms with Crippen molar-refractivity contribution in [1.29, 1.82) is 0 Å². The molecule has 2 aliphatic rings. The second kappa shape index (κ2) is 6.21. The average Bonchev–Trinajstić information content (AvgIpc) is 3.07. The van der Waals surface area contributed by atoms with E-state index in [0.717, 1.165) is 19.4 Å². The molecule has 0 saturated heterocycles. The Bertz CT molecular complexity index is 566. The molecule has 0 radical (unpaired) electrons. The number of carboxylic acid groups (broad SMARTS) is 1. The normalized spacial score (nSPS) is 24.0. The highest BCUT2D eigenvalue weighted by Crippen LogP contribution is 2.34. The molecule has 0 unspecified atom stereocenters. The van der Waals surface area contributed by atoms with Crippen LogP contribution in [0.4, 0.5) is 5.13 Å². The number of nitrogens with one attached hydrogen (secondary N) is 1. The van der Waals surface area contributed by atoms with Gasteiger partial charge in [-0.3, -0.25) is 14.5 Å². The number of aromatic nitrogens is 1. The summed E-state index contributed by atoms with van der Waals surface area (Å²) < 4.78 is 0. The van der Waals surface area contributed by atoms with Gasteiger partial charge in [-0.2, -0.15) is 0 Å². The first-order valence-electron chi connectivity index (χ1n) is 7.49. The molecule has 2 aliphatic carbocycles. The zero-order valence-corrected chi connectivity index (χ0v) is 13.0. The monoisotopic (exact) mass is 324 g/mol. The largest absolute Gasteiger partial charge is 0.480 e. The van der Waals surface area contributed by atoms with E-state index in [1.54, 1.807) is 5.38 Å². The molecule has 2 fully saturated rings. The Labute approximate surface area is 132 Å². The number of carboxylic acids is 1. The summed E-state index contributed by atoms with van der Waals surface area (Å²) in [6.45, 7) is 1.02. The standard InChI is InChI=1S/C14H20N4O3S/c15-13(21)11-7-22-14(17-11)16-9-3-10(4-9)18(6-12(19)20)5-8-1-2-8/h7-10H,1-6H2,(H2,15,21)(H,16,17)(H,19,20). The third-order valence-corrected chi connectivity index (χ3v) is 5.02. The first kappa shape index (κ1) is 15.2. The molecular weight excluding hydrogens is 304 g/mol. The van der Waals surface area contributed by atoms with Gasteiger partial charge in [0.1, 0.15) is 5.69 Å². The lowest BCUT2D eigenvalue weighted by Crippen LogP contribution is -2.52. The van der Waals surface area contributed by atoms with Gasteiger partial charge in [0.05, 0.1) is 6.54 Å². The van der Waals surface area contributed by atoms with Gasteiger partial charge in [-0.1, -0.05) is 0 Å². The van der Waals surface area contributed by atoms with E-state index in [-0.39, 0.29) is 18.3 Å². The van der Waals surface area contributed by atoms with Crippen LogP contribution in [0.2, 0.25) is 0 Å². The Balaban J connectivity index is 1.48. The number of hydrogen-bond donors (Lipinski definition) is 3. The third kappa shape index (κ3) is 3.75. The van der Waals surface area contributed by atoms with Crippen molar-refractivity contribution in [3.63, 3.8) is 0 Å². The number of primary amides is 1. The molecule has 0 aliphatic heterocycles. The van der Waals surface area contributed by atoms with Gasteiger partial charge in [0, 0.05) is 24.0 Å². The number of nitrogens with zero attached hydrogens (tertiary/aromatic N) is 2. The number of nitrogens with two attached hydrogens (primary N) is 1. The predicted molar refractivity (Wildman–Crippen MR) is 83.0 cm³/mol.